The predicted molar refractivity (Wildman–Crippen MR) is 62.6 cm³/mol. The third kappa shape index (κ3) is 1.78. The molecule has 1 aliphatic heterocycles. The minimum absolute atomic E-state index is 0.0126. The summed E-state index contributed by atoms with van der Waals surface area (Å²) >= 11 is 0. The topological polar surface area (TPSA) is 49.4 Å². The highest BCUT2D eigenvalue weighted by Crippen LogP contribution is 2.30. The number of rotatable bonds is 2. The Hall–Kier alpha value is -1.84. The number of hydrogen-bond acceptors (Lipinski definition) is 3. The van der Waals surface area contributed by atoms with Gasteiger partial charge in [0.05, 0.1) is 11.4 Å². The normalized spacial score (nSPS) is 19.0. The van der Waals surface area contributed by atoms with Gasteiger partial charge in [0, 0.05) is 13.5 Å². The summed E-state index contributed by atoms with van der Waals surface area (Å²) in [5, 5.41) is 3.10. The summed E-state index contributed by atoms with van der Waals surface area (Å²) in [4.78, 5) is 24.6. The van der Waals surface area contributed by atoms with E-state index in [1.54, 1.807) is 11.9 Å². The molecule has 0 fully saturated rings. The van der Waals surface area contributed by atoms with Gasteiger partial charge in [-0.15, -0.1) is 0 Å². The van der Waals surface area contributed by atoms with E-state index < -0.39 is 6.04 Å². The number of ketones is 1. The Labute approximate surface area is 94.2 Å². The Morgan fingerprint density at radius 1 is 1.44 bits per heavy atom. The van der Waals surface area contributed by atoms with Crippen LogP contribution in [0.25, 0.3) is 0 Å². The Kier molecular flexibility index (Phi) is 2.64. The third-order valence-electron chi connectivity index (χ3n) is 2.72. The van der Waals surface area contributed by atoms with Crippen molar-refractivity contribution in [1.29, 1.82) is 0 Å². The van der Waals surface area contributed by atoms with Crippen LogP contribution in [0.1, 0.15) is 13.3 Å². The summed E-state index contributed by atoms with van der Waals surface area (Å²) in [5.41, 5.74) is 1.75. The molecule has 2 rings (SSSR count). The summed E-state index contributed by atoms with van der Waals surface area (Å²) < 4.78 is 0. The van der Waals surface area contributed by atoms with Crippen LogP contribution >= 0.6 is 0 Å². The second-order valence-electron chi connectivity index (χ2n) is 4.02. The van der Waals surface area contributed by atoms with Crippen LogP contribution < -0.4 is 10.2 Å². The largest absolute Gasteiger partial charge is 0.372 e. The van der Waals surface area contributed by atoms with Crippen molar-refractivity contribution in [3.05, 3.63) is 24.3 Å². The molecule has 4 heteroatoms. The molecule has 0 aromatic heterocycles. The molecule has 0 bridgehead atoms. The predicted octanol–water partition coefficient (Wildman–Crippen LogP) is 1.42. The van der Waals surface area contributed by atoms with Crippen molar-refractivity contribution in [3.8, 4) is 0 Å². The number of para-hydroxylation sites is 2. The number of carbonyl (C=O) groups excluding carboxylic acids is 2. The molecule has 1 aromatic carbocycles. The fourth-order valence-electron chi connectivity index (χ4n) is 1.92. The lowest BCUT2D eigenvalue weighted by Gasteiger charge is -2.32. The van der Waals surface area contributed by atoms with E-state index in [2.05, 4.69) is 5.32 Å². The van der Waals surface area contributed by atoms with E-state index in [4.69, 9.17) is 0 Å². The fourth-order valence-corrected chi connectivity index (χ4v) is 1.92. The molecular weight excluding hydrogens is 204 g/mol. The lowest BCUT2D eigenvalue weighted by atomic mass is 10.1. The number of amides is 1. The van der Waals surface area contributed by atoms with Gasteiger partial charge >= 0.3 is 0 Å². The number of Topliss-reactive ketones (excluding diaryl/α,β-unsaturated/α-hetero) is 1. The van der Waals surface area contributed by atoms with Crippen LogP contribution in [0.3, 0.4) is 0 Å². The fraction of sp³-hybridized carbons (Fsp3) is 0.333. The Morgan fingerprint density at radius 2 is 2.12 bits per heavy atom. The molecule has 0 aliphatic carbocycles. The molecule has 0 saturated heterocycles. The highest BCUT2D eigenvalue weighted by Gasteiger charge is 2.30. The van der Waals surface area contributed by atoms with E-state index in [1.807, 2.05) is 24.3 Å². The highest BCUT2D eigenvalue weighted by atomic mass is 16.2. The molecule has 1 aromatic rings. The van der Waals surface area contributed by atoms with Gasteiger partial charge in [0.1, 0.15) is 11.8 Å². The van der Waals surface area contributed by atoms with Gasteiger partial charge in [-0.2, -0.15) is 0 Å². The van der Waals surface area contributed by atoms with Crippen molar-refractivity contribution in [1.82, 2.24) is 0 Å². The minimum Gasteiger partial charge on any atom is -0.372 e. The van der Waals surface area contributed by atoms with E-state index in [-0.39, 0.29) is 18.1 Å². The van der Waals surface area contributed by atoms with Gasteiger partial charge in [-0.25, -0.2) is 0 Å². The average molecular weight is 218 g/mol. The first-order valence-corrected chi connectivity index (χ1v) is 5.22. The van der Waals surface area contributed by atoms with Gasteiger partial charge < -0.3 is 10.2 Å². The van der Waals surface area contributed by atoms with Crippen molar-refractivity contribution in [2.75, 3.05) is 17.3 Å². The second-order valence-corrected chi connectivity index (χ2v) is 4.02. The maximum atomic E-state index is 11.9. The maximum Gasteiger partial charge on any atom is 0.249 e. The molecule has 1 unspecified atom stereocenters. The van der Waals surface area contributed by atoms with E-state index in [0.29, 0.717) is 0 Å². The highest BCUT2D eigenvalue weighted by molar-refractivity contribution is 6.06. The first-order valence-electron chi connectivity index (χ1n) is 5.22. The summed E-state index contributed by atoms with van der Waals surface area (Å²) in [6, 6.07) is 7.14. The van der Waals surface area contributed by atoms with Crippen molar-refractivity contribution >= 4 is 23.1 Å². The molecule has 1 heterocycles. The number of anilines is 2. The molecule has 0 saturated carbocycles. The molecular formula is C12H14N2O2. The molecule has 1 N–H and O–H groups in total. The minimum atomic E-state index is -0.433. The van der Waals surface area contributed by atoms with E-state index in [0.717, 1.165) is 11.4 Å². The van der Waals surface area contributed by atoms with Gasteiger partial charge in [0.25, 0.3) is 0 Å². The van der Waals surface area contributed by atoms with Crippen molar-refractivity contribution < 1.29 is 9.59 Å². The van der Waals surface area contributed by atoms with Crippen molar-refractivity contribution in [3.63, 3.8) is 0 Å². The molecule has 0 radical (unpaired) electrons. The van der Waals surface area contributed by atoms with Crippen LogP contribution in [0.4, 0.5) is 11.4 Å². The zero-order chi connectivity index (χ0) is 11.7. The van der Waals surface area contributed by atoms with Gasteiger partial charge in [0.15, 0.2) is 0 Å². The summed E-state index contributed by atoms with van der Waals surface area (Å²) in [6.45, 7) is 1.50. The number of nitrogens with one attached hydrogen (secondary N) is 1. The SMILES string of the molecule is CC(=O)CC1Nc2ccccc2N(C)C1=O. The molecule has 84 valence electrons. The number of carbonyl (C=O) groups is 2. The zero-order valence-corrected chi connectivity index (χ0v) is 9.36. The van der Waals surface area contributed by atoms with Crippen LogP contribution in [0.2, 0.25) is 0 Å². The Balaban J connectivity index is 2.32. The van der Waals surface area contributed by atoms with Gasteiger partial charge in [-0.05, 0) is 19.1 Å². The van der Waals surface area contributed by atoms with Crippen molar-refractivity contribution in [2.45, 2.75) is 19.4 Å². The number of hydrogen-bond donors (Lipinski definition) is 1. The first kappa shape index (κ1) is 10.7. The van der Waals surface area contributed by atoms with Gasteiger partial charge in [-0.3, -0.25) is 9.59 Å². The summed E-state index contributed by atoms with van der Waals surface area (Å²) in [5.74, 6) is -0.0486. The smallest absolute Gasteiger partial charge is 0.249 e. The van der Waals surface area contributed by atoms with E-state index in [1.165, 1.54) is 6.92 Å². The zero-order valence-electron chi connectivity index (χ0n) is 9.36. The van der Waals surface area contributed by atoms with Crippen LogP contribution in [0.5, 0.6) is 0 Å². The molecule has 4 nitrogen and oxygen atoms in total. The first-order chi connectivity index (χ1) is 7.59. The molecule has 1 aliphatic rings. The second kappa shape index (κ2) is 3.96. The molecule has 0 spiro atoms. The van der Waals surface area contributed by atoms with Crippen LogP contribution in [-0.2, 0) is 9.59 Å². The number of nitrogens with zero attached hydrogens (tertiary/aromatic N) is 1. The molecule has 1 atom stereocenters. The monoisotopic (exact) mass is 218 g/mol. The van der Waals surface area contributed by atoms with Gasteiger partial charge in [-0.1, -0.05) is 12.1 Å². The van der Waals surface area contributed by atoms with Crippen LogP contribution in [-0.4, -0.2) is 24.8 Å². The maximum absolute atomic E-state index is 11.9. The van der Waals surface area contributed by atoms with Gasteiger partial charge in [0.2, 0.25) is 5.91 Å². The lowest BCUT2D eigenvalue weighted by Crippen LogP contribution is -2.45. The van der Waals surface area contributed by atoms with Crippen LogP contribution in [0.15, 0.2) is 24.3 Å². The quantitative estimate of drug-likeness (QED) is 0.816. The van der Waals surface area contributed by atoms with Crippen LogP contribution in [0, 0.1) is 0 Å². The van der Waals surface area contributed by atoms with E-state index in [9.17, 15) is 9.59 Å². The molecule has 1 amide bonds. The summed E-state index contributed by atoms with van der Waals surface area (Å²) in [6.07, 6.45) is 0.234. The average Bonchev–Trinajstić information content (AvgIpc) is 2.25. The Morgan fingerprint density at radius 3 is 2.81 bits per heavy atom. The standard InChI is InChI=1S/C12H14N2O2/c1-8(15)7-10-12(16)14(2)11-6-4-3-5-9(11)13-10/h3-6,10,13H,7H2,1-2H3. The molecule has 16 heavy (non-hydrogen) atoms. The van der Waals surface area contributed by atoms with E-state index >= 15 is 0 Å². The third-order valence-corrected chi connectivity index (χ3v) is 2.72. The number of fused-ring (bicyclic) bond motifs is 1. The summed E-state index contributed by atoms with van der Waals surface area (Å²) in [7, 11) is 1.73. The lowest BCUT2D eigenvalue weighted by molar-refractivity contribution is -0.123. The number of benzene rings is 1. The Bertz CT molecular complexity index is 442. The number of likely N-dealkylation sites (N-methyl/N-ethyl adjacent to an activating group) is 1. The van der Waals surface area contributed by atoms with Crippen molar-refractivity contribution in [2.24, 2.45) is 0 Å².